The van der Waals surface area contributed by atoms with E-state index in [2.05, 4.69) is 25.3 Å². The van der Waals surface area contributed by atoms with E-state index >= 15 is 0 Å². The standard InChI is InChI=1S/C21H32O5/c1-13-12-20-10-6-15-18(3,8-5-9-19(15,4)17(22)25-23)16(20)7-11-21(13,26-24)14(20)2/h14-16,23-24H,1,5-12H2,2-4H3/t14-,15?,16+,18-,19-,20-,21-/m1/s1. The third kappa shape index (κ3) is 1.90. The summed E-state index contributed by atoms with van der Waals surface area (Å²) in [4.78, 5) is 21.8. The molecule has 0 aromatic heterocycles. The van der Waals surface area contributed by atoms with E-state index in [4.69, 9.17) is 10.1 Å². The molecule has 4 saturated carbocycles. The van der Waals surface area contributed by atoms with Gasteiger partial charge in [-0.15, -0.1) is 0 Å². The van der Waals surface area contributed by atoms with E-state index in [1.807, 2.05) is 6.92 Å². The van der Waals surface area contributed by atoms with Crippen molar-refractivity contribution < 1.29 is 25.1 Å². The quantitative estimate of drug-likeness (QED) is 0.417. The zero-order valence-corrected chi connectivity index (χ0v) is 16.2. The van der Waals surface area contributed by atoms with E-state index in [0.29, 0.717) is 5.92 Å². The Labute approximate surface area is 155 Å². The second-order valence-electron chi connectivity index (χ2n) is 10.1. The first-order valence-corrected chi connectivity index (χ1v) is 10.1. The maximum Gasteiger partial charge on any atom is 0.348 e. The smallest absolute Gasteiger partial charge is 0.300 e. The first-order chi connectivity index (χ1) is 12.2. The van der Waals surface area contributed by atoms with Gasteiger partial charge in [0, 0.05) is 0 Å². The summed E-state index contributed by atoms with van der Waals surface area (Å²) < 4.78 is 0. The van der Waals surface area contributed by atoms with E-state index in [-0.39, 0.29) is 22.7 Å². The number of carbonyl (C=O) groups excluding carboxylic acids is 1. The first-order valence-electron chi connectivity index (χ1n) is 10.1. The average Bonchev–Trinajstić information content (AvgIpc) is 2.74. The summed E-state index contributed by atoms with van der Waals surface area (Å²) in [7, 11) is 0. The molecule has 0 amide bonds. The van der Waals surface area contributed by atoms with Crippen molar-refractivity contribution >= 4 is 5.97 Å². The van der Waals surface area contributed by atoms with Crippen LogP contribution in [-0.2, 0) is 14.6 Å². The predicted octanol–water partition coefficient (Wildman–Crippen LogP) is 4.83. The van der Waals surface area contributed by atoms with E-state index in [9.17, 15) is 10.1 Å². The predicted molar refractivity (Wildman–Crippen MR) is 96.0 cm³/mol. The molecule has 0 saturated heterocycles. The van der Waals surface area contributed by atoms with Crippen molar-refractivity contribution in [1.82, 2.24) is 0 Å². The highest BCUT2D eigenvalue weighted by atomic mass is 17.1. The summed E-state index contributed by atoms with van der Waals surface area (Å²) in [6.45, 7) is 10.8. The zero-order chi connectivity index (χ0) is 19.0. The third-order valence-electron chi connectivity index (χ3n) is 9.58. The molecule has 4 aliphatic carbocycles. The molecular weight excluding hydrogens is 332 g/mol. The van der Waals surface area contributed by atoms with Gasteiger partial charge >= 0.3 is 5.97 Å². The summed E-state index contributed by atoms with van der Waals surface area (Å²) in [5, 5.41) is 18.8. The average molecular weight is 364 g/mol. The zero-order valence-electron chi connectivity index (χ0n) is 16.2. The van der Waals surface area contributed by atoms with Gasteiger partial charge in [0.2, 0.25) is 0 Å². The van der Waals surface area contributed by atoms with Crippen LogP contribution in [0.1, 0.15) is 72.1 Å². The van der Waals surface area contributed by atoms with Crippen molar-refractivity contribution in [2.45, 2.75) is 77.7 Å². The Morgan fingerprint density at radius 1 is 1.12 bits per heavy atom. The Morgan fingerprint density at radius 3 is 2.46 bits per heavy atom. The Hall–Kier alpha value is -0.910. The maximum atomic E-state index is 12.5. The molecule has 4 fully saturated rings. The normalized spacial score (nSPS) is 53.0. The van der Waals surface area contributed by atoms with Crippen LogP contribution in [0.5, 0.6) is 0 Å². The largest absolute Gasteiger partial charge is 0.348 e. The van der Waals surface area contributed by atoms with Crippen LogP contribution < -0.4 is 0 Å². The van der Waals surface area contributed by atoms with Crippen LogP contribution in [0.2, 0.25) is 0 Å². The van der Waals surface area contributed by atoms with Crippen LogP contribution in [0.3, 0.4) is 0 Å². The monoisotopic (exact) mass is 364 g/mol. The van der Waals surface area contributed by atoms with Crippen molar-refractivity contribution in [3.8, 4) is 0 Å². The van der Waals surface area contributed by atoms with Gasteiger partial charge in [-0.05, 0) is 86.0 Å². The van der Waals surface area contributed by atoms with Crippen LogP contribution >= 0.6 is 0 Å². The Bertz CT molecular complexity index is 646. The molecule has 2 N–H and O–H groups in total. The van der Waals surface area contributed by atoms with E-state index in [1.54, 1.807) is 0 Å². The number of carbonyl (C=O) groups is 1. The molecule has 0 aromatic rings. The summed E-state index contributed by atoms with van der Waals surface area (Å²) in [5.74, 6) is 0.430. The summed E-state index contributed by atoms with van der Waals surface area (Å²) in [6.07, 6.45) is 7.49. The molecule has 26 heavy (non-hydrogen) atoms. The SMILES string of the molecule is C=C1C[C@@]23CCC4[C@](C)(C(=O)OO)CCC[C@@]4(C)[C@@H]2CC[C@]1(OO)[C@@H]3C. The molecule has 7 atom stereocenters. The van der Waals surface area contributed by atoms with Crippen LogP contribution in [0.15, 0.2) is 12.2 Å². The van der Waals surface area contributed by atoms with Crippen LogP contribution in [0, 0.1) is 34.0 Å². The molecule has 0 heterocycles. The molecule has 1 unspecified atom stereocenters. The molecule has 1 spiro atoms. The molecule has 2 bridgehead atoms. The van der Waals surface area contributed by atoms with Crippen molar-refractivity contribution in [3.63, 3.8) is 0 Å². The van der Waals surface area contributed by atoms with Crippen LogP contribution in [0.25, 0.3) is 0 Å². The van der Waals surface area contributed by atoms with Crippen LogP contribution in [0.4, 0.5) is 0 Å². The van der Waals surface area contributed by atoms with Crippen molar-refractivity contribution in [2.75, 3.05) is 0 Å². The summed E-state index contributed by atoms with van der Waals surface area (Å²) in [5.41, 5.74) is -0.0679. The summed E-state index contributed by atoms with van der Waals surface area (Å²) in [6, 6.07) is 0. The highest BCUT2D eigenvalue weighted by molar-refractivity contribution is 5.76. The highest BCUT2D eigenvalue weighted by Crippen LogP contribution is 2.75. The second-order valence-corrected chi connectivity index (χ2v) is 10.1. The lowest BCUT2D eigenvalue weighted by Crippen LogP contribution is -2.61. The summed E-state index contributed by atoms with van der Waals surface area (Å²) >= 11 is 0. The van der Waals surface area contributed by atoms with Gasteiger partial charge in [-0.1, -0.05) is 26.8 Å². The van der Waals surface area contributed by atoms with Crippen molar-refractivity contribution in [2.24, 2.45) is 34.0 Å². The van der Waals surface area contributed by atoms with Crippen molar-refractivity contribution in [1.29, 1.82) is 0 Å². The number of fused-ring (bicyclic) bond motifs is 3. The fourth-order valence-electron chi connectivity index (χ4n) is 8.33. The van der Waals surface area contributed by atoms with Gasteiger partial charge in [0.25, 0.3) is 0 Å². The van der Waals surface area contributed by atoms with Crippen LogP contribution in [-0.4, -0.2) is 22.1 Å². The number of rotatable bonds is 2. The molecule has 5 heteroatoms. The molecule has 4 aliphatic rings. The van der Waals surface area contributed by atoms with Gasteiger partial charge in [-0.3, -0.25) is 5.26 Å². The van der Waals surface area contributed by atoms with Gasteiger partial charge in [0.05, 0.1) is 5.41 Å². The molecular formula is C21H32O5. The van der Waals surface area contributed by atoms with Crippen molar-refractivity contribution in [3.05, 3.63) is 12.2 Å². The molecule has 0 aliphatic heterocycles. The van der Waals surface area contributed by atoms with Gasteiger partial charge in [-0.25, -0.2) is 9.68 Å². The molecule has 5 nitrogen and oxygen atoms in total. The number of hydrogen-bond donors (Lipinski definition) is 2. The van der Waals surface area contributed by atoms with Gasteiger partial charge in [-0.2, -0.15) is 5.26 Å². The minimum Gasteiger partial charge on any atom is -0.300 e. The highest BCUT2D eigenvalue weighted by Gasteiger charge is 2.71. The van der Waals surface area contributed by atoms with Gasteiger partial charge < -0.3 is 4.89 Å². The van der Waals surface area contributed by atoms with E-state index < -0.39 is 17.0 Å². The number of hydrogen-bond acceptors (Lipinski definition) is 5. The second kappa shape index (κ2) is 5.55. The first kappa shape index (κ1) is 18.5. The minimum atomic E-state index is -0.621. The Balaban J connectivity index is 1.77. The Morgan fingerprint density at radius 2 is 1.81 bits per heavy atom. The molecule has 146 valence electrons. The lowest BCUT2D eigenvalue weighted by Gasteiger charge is -2.65. The maximum absolute atomic E-state index is 12.5. The fraction of sp³-hybridized carbons (Fsp3) is 0.857. The molecule has 4 rings (SSSR count). The fourth-order valence-corrected chi connectivity index (χ4v) is 8.33. The van der Waals surface area contributed by atoms with Gasteiger partial charge in [0.15, 0.2) is 0 Å². The lowest BCUT2D eigenvalue weighted by molar-refractivity contribution is -0.340. The van der Waals surface area contributed by atoms with E-state index in [0.717, 1.165) is 56.9 Å². The minimum absolute atomic E-state index is 0.0277. The van der Waals surface area contributed by atoms with E-state index in [1.165, 1.54) is 0 Å². The third-order valence-corrected chi connectivity index (χ3v) is 9.58. The molecule has 0 aromatic carbocycles. The van der Waals surface area contributed by atoms with Gasteiger partial charge in [0.1, 0.15) is 5.60 Å². The molecule has 0 radical (unpaired) electrons. The Kier molecular flexibility index (Phi) is 3.94. The lowest BCUT2D eigenvalue weighted by atomic mass is 9.39. The topological polar surface area (TPSA) is 76.0 Å².